The molecule has 2 nitrogen and oxygen atoms in total. The van der Waals surface area contributed by atoms with Crippen molar-refractivity contribution >= 4 is 27.5 Å². The molecule has 0 aliphatic heterocycles. The quantitative estimate of drug-likeness (QED) is 0.819. The topological polar surface area (TPSA) is 35.2 Å². The summed E-state index contributed by atoms with van der Waals surface area (Å²) in [6, 6.07) is 7.56. The number of ether oxygens (including phenoxy) is 1. The van der Waals surface area contributed by atoms with E-state index in [-0.39, 0.29) is 6.04 Å². The number of rotatable bonds is 3. The first-order valence-electron chi connectivity index (χ1n) is 6.72. The molecule has 0 aliphatic rings. The molecule has 0 amide bonds. The maximum Gasteiger partial charge on any atom is 0.127 e. The zero-order chi connectivity index (χ0) is 15.7. The molecule has 21 heavy (non-hydrogen) atoms. The van der Waals surface area contributed by atoms with Crippen molar-refractivity contribution in [3.8, 4) is 5.75 Å². The molecule has 0 bridgehead atoms. The van der Waals surface area contributed by atoms with Crippen LogP contribution in [0.15, 0.2) is 28.7 Å². The molecule has 0 aromatic heterocycles. The number of halogens is 2. The van der Waals surface area contributed by atoms with Gasteiger partial charge >= 0.3 is 0 Å². The Labute approximate surface area is 139 Å². The van der Waals surface area contributed by atoms with Crippen molar-refractivity contribution in [2.45, 2.75) is 26.8 Å². The smallest absolute Gasteiger partial charge is 0.127 e. The van der Waals surface area contributed by atoms with Crippen LogP contribution in [0.3, 0.4) is 0 Å². The third-order valence-corrected chi connectivity index (χ3v) is 4.86. The number of benzene rings is 2. The second-order valence-corrected chi connectivity index (χ2v) is 6.52. The van der Waals surface area contributed by atoms with Gasteiger partial charge in [-0.3, -0.25) is 0 Å². The Morgan fingerprint density at radius 2 is 1.81 bits per heavy atom. The van der Waals surface area contributed by atoms with E-state index in [0.717, 1.165) is 38.0 Å². The molecule has 0 aliphatic carbocycles. The number of hydrogen-bond acceptors (Lipinski definition) is 2. The van der Waals surface area contributed by atoms with Crippen LogP contribution < -0.4 is 10.5 Å². The largest absolute Gasteiger partial charge is 0.496 e. The van der Waals surface area contributed by atoms with Gasteiger partial charge in [0.15, 0.2) is 0 Å². The summed E-state index contributed by atoms with van der Waals surface area (Å²) in [6.45, 7) is 6.10. The Balaban J connectivity index is 2.68. The van der Waals surface area contributed by atoms with Gasteiger partial charge in [0, 0.05) is 15.1 Å². The Bertz CT molecular complexity index is 685. The second-order valence-electron chi connectivity index (χ2n) is 5.23. The highest BCUT2D eigenvalue weighted by Gasteiger charge is 2.21. The third-order valence-electron chi connectivity index (χ3n) is 3.80. The SMILES string of the molecule is COc1c(C)cc(Br)c(C)c1C(N)c1cc(Cl)ccc1C. The molecule has 1 atom stereocenters. The molecular weight excluding hydrogens is 350 g/mol. The summed E-state index contributed by atoms with van der Waals surface area (Å²) in [7, 11) is 1.68. The fourth-order valence-electron chi connectivity index (χ4n) is 2.62. The normalized spacial score (nSPS) is 12.3. The molecule has 0 spiro atoms. The predicted molar refractivity (Wildman–Crippen MR) is 92.4 cm³/mol. The van der Waals surface area contributed by atoms with Crippen LogP contribution in [-0.4, -0.2) is 7.11 Å². The molecular formula is C17H19BrClNO. The average molecular weight is 369 g/mol. The molecule has 4 heteroatoms. The van der Waals surface area contributed by atoms with Gasteiger partial charge in [-0.15, -0.1) is 0 Å². The molecule has 112 valence electrons. The van der Waals surface area contributed by atoms with Gasteiger partial charge in [0.05, 0.1) is 13.2 Å². The standard InChI is InChI=1S/C17H19BrClNO/c1-9-5-6-12(19)8-13(9)16(20)15-11(3)14(18)7-10(2)17(15)21-4/h5-8,16H,20H2,1-4H3. The summed E-state index contributed by atoms with van der Waals surface area (Å²) in [5, 5.41) is 0.689. The van der Waals surface area contributed by atoms with Crippen LogP contribution in [-0.2, 0) is 0 Å². The maximum absolute atomic E-state index is 6.54. The van der Waals surface area contributed by atoms with Gasteiger partial charge in [0.1, 0.15) is 5.75 Å². The van der Waals surface area contributed by atoms with E-state index >= 15 is 0 Å². The molecule has 2 aromatic rings. The molecule has 2 rings (SSSR count). The fourth-order valence-corrected chi connectivity index (χ4v) is 3.36. The monoisotopic (exact) mass is 367 g/mol. The van der Waals surface area contributed by atoms with E-state index in [0.29, 0.717) is 5.02 Å². The summed E-state index contributed by atoms with van der Waals surface area (Å²) in [5.41, 5.74) is 11.8. The van der Waals surface area contributed by atoms with E-state index in [1.54, 1.807) is 7.11 Å². The summed E-state index contributed by atoms with van der Waals surface area (Å²) in [4.78, 5) is 0. The lowest BCUT2D eigenvalue weighted by molar-refractivity contribution is 0.404. The van der Waals surface area contributed by atoms with Crippen LogP contribution in [0.2, 0.25) is 5.02 Å². The molecule has 0 radical (unpaired) electrons. The van der Waals surface area contributed by atoms with Crippen LogP contribution in [0, 0.1) is 20.8 Å². The Morgan fingerprint density at radius 3 is 2.43 bits per heavy atom. The lowest BCUT2D eigenvalue weighted by Gasteiger charge is -2.23. The minimum absolute atomic E-state index is 0.283. The van der Waals surface area contributed by atoms with Crippen LogP contribution in [0.5, 0.6) is 5.75 Å². The van der Waals surface area contributed by atoms with E-state index in [2.05, 4.69) is 22.0 Å². The van der Waals surface area contributed by atoms with Gasteiger partial charge < -0.3 is 10.5 Å². The molecule has 0 saturated heterocycles. The van der Waals surface area contributed by atoms with Gasteiger partial charge in [-0.25, -0.2) is 0 Å². The highest BCUT2D eigenvalue weighted by atomic mass is 79.9. The Kier molecular flexibility index (Phi) is 4.97. The van der Waals surface area contributed by atoms with Crippen LogP contribution in [0.25, 0.3) is 0 Å². The summed E-state index contributed by atoms with van der Waals surface area (Å²) < 4.78 is 6.62. The molecule has 1 unspecified atom stereocenters. The lowest BCUT2D eigenvalue weighted by atomic mass is 9.91. The Hall–Kier alpha value is -1.03. The summed E-state index contributed by atoms with van der Waals surface area (Å²) in [6.07, 6.45) is 0. The minimum Gasteiger partial charge on any atom is -0.496 e. The highest BCUT2D eigenvalue weighted by Crippen LogP contribution is 2.38. The summed E-state index contributed by atoms with van der Waals surface area (Å²) in [5.74, 6) is 0.836. The minimum atomic E-state index is -0.283. The van der Waals surface area contributed by atoms with E-state index in [4.69, 9.17) is 22.1 Å². The number of methoxy groups -OCH3 is 1. The zero-order valence-corrected chi connectivity index (χ0v) is 15.0. The zero-order valence-electron chi connectivity index (χ0n) is 12.6. The molecule has 0 saturated carbocycles. The highest BCUT2D eigenvalue weighted by molar-refractivity contribution is 9.10. The van der Waals surface area contributed by atoms with Gasteiger partial charge in [-0.1, -0.05) is 33.6 Å². The predicted octanol–water partition coefficient (Wildman–Crippen LogP) is 5.08. The van der Waals surface area contributed by atoms with Gasteiger partial charge in [-0.05, 0) is 61.2 Å². The van der Waals surface area contributed by atoms with Gasteiger partial charge in [0.25, 0.3) is 0 Å². The third kappa shape index (κ3) is 3.10. The molecule has 2 N–H and O–H groups in total. The van der Waals surface area contributed by atoms with Crippen molar-refractivity contribution in [2.24, 2.45) is 5.73 Å². The molecule has 0 heterocycles. The second kappa shape index (κ2) is 6.39. The van der Waals surface area contributed by atoms with Crippen molar-refractivity contribution in [3.05, 3.63) is 61.6 Å². The van der Waals surface area contributed by atoms with Crippen molar-refractivity contribution in [3.63, 3.8) is 0 Å². The van der Waals surface area contributed by atoms with Crippen LogP contribution >= 0.6 is 27.5 Å². The first kappa shape index (κ1) is 16.3. The number of aryl methyl sites for hydroxylation is 2. The van der Waals surface area contributed by atoms with Crippen LogP contribution in [0.4, 0.5) is 0 Å². The molecule has 0 fully saturated rings. The van der Waals surface area contributed by atoms with Crippen molar-refractivity contribution in [2.75, 3.05) is 7.11 Å². The van der Waals surface area contributed by atoms with E-state index in [1.165, 1.54) is 0 Å². The van der Waals surface area contributed by atoms with Crippen molar-refractivity contribution in [1.29, 1.82) is 0 Å². The summed E-state index contributed by atoms with van der Waals surface area (Å²) >= 11 is 9.73. The van der Waals surface area contributed by atoms with Crippen molar-refractivity contribution in [1.82, 2.24) is 0 Å². The fraction of sp³-hybridized carbons (Fsp3) is 0.294. The van der Waals surface area contributed by atoms with E-state index < -0.39 is 0 Å². The van der Waals surface area contributed by atoms with E-state index in [9.17, 15) is 0 Å². The Morgan fingerprint density at radius 1 is 1.14 bits per heavy atom. The van der Waals surface area contributed by atoms with E-state index in [1.807, 2.05) is 39.0 Å². The first-order valence-corrected chi connectivity index (χ1v) is 7.89. The van der Waals surface area contributed by atoms with Crippen molar-refractivity contribution < 1.29 is 4.74 Å². The number of hydrogen-bond donors (Lipinski definition) is 1. The number of nitrogens with two attached hydrogens (primary N) is 1. The van der Waals surface area contributed by atoms with Crippen LogP contribution in [0.1, 0.15) is 33.9 Å². The average Bonchev–Trinajstić information content (AvgIpc) is 2.44. The first-order chi connectivity index (χ1) is 9.86. The maximum atomic E-state index is 6.54. The van der Waals surface area contributed by atoms with Gasteiger partial charge in [-0.2, -0.15) is 0 Å². The van der Waals surface area contributed by atoms with Gasteiger partial charge in [0.2, 0.25) is 0 Å². The lowest BCUT2D eigenvalue weighted by Crippen LogP contribution is -2.16. The molecule has 2 aromatic carbocycles.